The first-order chi connectivity index (χ1) is 9.47. The lowest BCUT2D eigenvalue weighted by Gasteiger charge is -2.15. The molecule has 1 aromatic rings. The van der Waals surface area contributed by atoms with Gasteiger partial charge in [0, 0.05) is 6.04 Å². The molecule has 3 N–H and O–H groups in total. The highest BCUT2D eigenvalue weighted by Gasteiger charge is 2.10. The third kappa shape index (κ3) is 4.16. The minimum absolute atomic E-state index is 0.157. The molecule has 0 radical (unpaired) electrons. The van der Waals surface area contributed by atoms with Crippen LogP contribution in [0, 0.1) is 0 Å². The fourth-order valence-corrected chi connectivity index (χ4v) is 2.99. The van der Waals surface area contributed by atoms with Crippen LogP contribution in [0.15, 0.2) is 40.8 Å². The van der Waals surface area contributed by atoms with Crippen molar-refractivity contribution in [1.29, 1.82) is 0 Å². The van der Waals surface area contributed by atoms with E-state index in [1.165, 1.54) is 19.3 Å². The Morgan fingerprint density at radius 3 is 2.55 bits per heavy atom. The Hall–Kier alpha value is -1.17. The highest BCUT2D eigenvalue weighted by atomic mass is 32.2. The number of benzene rings is 1. The second-order valence-electron chi connectivity index (χ2n) is 5.29. The van der Waals surface area contributed by atoms with Gasteiger partial charge in [-0.1, -0.05) is 23.8 Å². The van der Waals surface area contributed by atoms with Crippen LogP contribution in [0.25, 0.3) is 0 Å². The van der Waals surface area contributed by atoms with Gasteiger partial charge < -0.3 is 5.32 Å². The second kappa shape index (κ2) is 6.52. The van der Waals surface area contributed by atoms with Crippen molar-refractivity contribution in [1.82, 2.24) is 5.32 Å². The molecule has 0 saturated carbocycles. The number of sulfonamides is 1. The first-order valence-corrected chi connectivity index (χ1v) is 8.55. The predicted octanol–water partition coefficient (Wildman–Crippen LogP) is 2.49. The summed E-state index contributed by atoms with van der Waals surface area (Å²) in [4.78, 5) is 0.157. The summed E-state index contributed by atoms with van der Waals surface area (Å²) in [5.74, 6) is 0. The van der Waals surface area contributed by atoms with Gasteiger partial charge >= 0.3 is 0 Å². The summed E-state index contributed by atoms with van der Waals surface area (Å²) in [5, 5.41) is 8.55. The van der Waals surface area contributed by atoms with E-state index in [1.807, 2.05) is 12.1 Å². The molecule has 1 atom stereocenters. The van der Waals surface area contributed by atoms with E-state index in [2.05, 4.69) is 18.3 Å². The molecule has 0 bridgehead atoms. The Labute approximate surface area is 121 Å². The van der Waals surface area contributed by atoms with Crippen LogP contribution in [0.4, 0.5) is 0 Å². The van der Waals surface area contributed by atoms with E-state index < -0.39 is 10.0 Å². The van der Waals surface area contributed by atoms with Gasteiger partial charge in [-0.25, -0.2) is 13.6 Å². The van der Waals surface area contributed by atoms with Gasteiger partial charge in [0.1, 0.15) is 0 Å². The van der Waals surface area contributed by atoms with Crippen molar-refractivity contribution in [2.24, 2.45) is 5.14 Å². The maximum atomic E-state index is 11.2. The molecule has 0 aromatic heterocycles. The zero-order valence-electron chi connectivity index (χ0n) is 11.8. The largest absolute Gasteiger partial charge is 0.310 e. The van der Waals surface area contributed by atoms with Crippen LogP contribution in [-0.4, -0.2) is 15.0 Å². The van der Waals surface area contributed by atoms with E-state index in [1.54, 1.807) is 17.7 Å². The Kier molecular flexibility index (Phi) is 4.96. The molecule has 2 rings (SSSR count). The molecule has 1 aliphatic rings. The average molecular weight is 294 g/mol. The summed E-state index contributed by atoms with van der Waals surface area (Å²) in [5.41, 5.74) is 2.62. The Morgan fingerprint density at radius 1 is 1.30 bits per heavy atom. The predicted molar refractivity (Wildman–Crippen MR) is 80.8 cm³/mol. The van der Waals surface area contributed by atoms with Crippen molar-refractivity contribution in [3.05, 3.63) is 41.5 Å². The van der Waals surface area contributed by atoms with Gasteiger partial charge in [0.25, 0.3) is 0 Å². The summed E-state index contributed by atoms with van der Waals surface area (Å²) in [6.45, 7) is 3.03. The molecule has 0 amide bonds. The zero-order chi connectivity index (χ0) is 14.6. The van der Waals surface area contributed by atoms with Crippen molar-refractivity contribution in [3.63, 3.8) is 0 Å². The van der Waals surface area contributed by atoms with Crippen molar-refractivity contribution in [3.8, 4) is 0 Å². The fraction of sp³-hybridized carbons (Fsp3) is 0.467. The van der Waals surface area contributed by atoms with Gasteiger partial charge in [0.2, 0.25) is 10.0 Å². The molecule has 110 valence electrons. The standard InChI is InChI=1S/C15H22N2O2S/c1-12(17-11-10-13-4-2-3-5-13)14-6-8-15(9-7-14)20(16,18)19/h4,6-9,12,17H,2-3,5,10-11H2,1H3,(H2,16,18,19). The van der Waals surface area contributed by atoms with Crippen molar-refractivity contribution in [2.45, 2.75) is 43.5 Å². The summed E-state index contributed by atoms with van der Waals surface area (Å²) in [6.07, 6.45) is 7.19. The Bertz CT molecular complexity index is 576. The third-order valence-corrected chi connectivity index (χ3v) is 4.67. The normalized spacial score (nSPS) is 17.0. The zero-order valence-corrected chi connectivity index (χ0v) is 12.6. The Balaban J connectivity index is 1.87. The molecule has 1 unspecified atom stereocenters. The number of hydrogen-bond donors (Lipinski definition) is 2. The highest BCUT2D eigenvalue weighted by Crippen LogP contribution is 2.21. The number of nitrogens with two attached hydrogens (primary N) is 1. The van der Waals surface area contributed by atoms with Gasteiger partial charge in [-0.05, 0) is 56.8 Å². The summed E-state index contributed by atoms with van der Waals surface area (Å²) in [7, 11) is -3.60. The lowest BCUT2D eigenvalue weighted by molar-refractivity contribution is 0.572. The lowest BCUT2D eigenvalue weighted by atomic mass is 10.1. The molecule has 5 heteroatoms. The number of hydrogen-bond acceptors (Lipinski definition) is 3. The molecule has 4 nitrogen and oxygen atoms in total. The molecule has 0 saturated heterocycles. The van der Waals surface area contributed by atoms with E-state index in [9.17, 15) is 8.42 Å². The van der Waals surface area contributed by atoms with E-state index >= 15 is 0 Å². The maximum Gasteiger partial charge on any atom is 0.238 e. The van der Waals surface area contributed by atoms with Gasteiger partial charge in [0.15, 0.2) is 0 Å². The molecule has 0 fully saturated rings. The molecule has 1 aliphatic carbocycles. The summed E-state index contributed by atoms with van der Waals surface area (Å²) >= 11 is 0. The first-order valence-electron chi connectivity index (χ1n) is 7.01. The highest BCUT2D eigenvalue weighted by molar-refractivity contribution is 7.89. The number of rotatable bonds is 6. The molecule has 0 heterocycles. The van der Waals surface area contributed by atoms with Gasteiger partial charge in [-0.2, -0.15) is 0 Å². The molecular weight excluding hydrogens is 272 g/mol. The van der Waals surface area contributed by atoms with Gasteiger partial charge in [-0.15, -0.1) is 0 Å². The van der Waals surface area contributed by atoms with E-state index in [4.69, 9.17) is 5.14 Å². The fourth-order valence-electron chi connectivity index (χ4n) is 2.48. The maximum absolute atomic E-state index is 11.2. The van der Waals surface area contributed by atoms with Gasteiger partial charge in [-0.3, -0.25) is 0 Å². The smallest absolute Gasteiger partial charge is 0.238 e. The third-order valence-electron chi connectivity index (χ3n) is 3.74. The topological polar surface area (TPSA) is 72.2 Å². The van der Waals surface area contributed by atoms with Crippen molar-refractivity contribution < 1.29 is 8.42 Å². The van der Waals surface area contributed by atoms with Crippen LogP contribution >= 0.6 is 0 Å². The molecule has 0 spiro atoms. The monoisotopic (exact) mass is 294 g/mol. The van der Waals surface area contributed by atoms with Crippen LogP contribution in [0.2, 0.25) is 0 Å². The average Bonchev–Trinajstić information content (AvgIpc) is 2.91. The van der Waals surface area contributed by atoms with Crippen molar-refractivity contribution >= 4 is 10.0 Å². The number of nitrogens with one attached hydrogen (secondary N) is 1. The van der Waals surface area contributed by atoms with Gasteiger partial charge in [0.05, 0.1) is 4.90 Å². The SMILES string of the molecule is CC(NCCC1=CCCC1)c1ccc(S(N)(=O)=O)cc1. The summed E-state index contributed by atoms with van der Waals surface area (Å²) in [6, 6.07) is 6.94. The Morgan fingerprint density at radius 2 is 2.00 bits per heavy atom. The van der Waals surface area contributed by atoms with Crippen LogP contribution in [0.1, 0.15) is 44.2 Å². The van der Waals surface area contributed by atoms with Crippen LogP contribution in [0.3, 0.4) is 0 Å². The summed E-state index contributed by atoms with van der Waals surface area (Å²) < 4.78 is 22.4. The molecule has 0 aliphatic heterocycles. The first kappa shape index (κ1) is 15.2. The minimum Gasteiger partial charge on any atom is -0.310 e. The quantitative estimate of drug-likeness (QED) is 0.792. The molecule has 20 heavy (non-hydrogen) atoms. The van der Waals surface area contributed by atoms with Crippen LogP contribution in [0.5, 0.6) is 0 Å². The lowest BCUT2D eigenvalue weighted by Crippen LogP contribution is -2.20. The second-order valence-corrected chi connectivity index (χ2v) is 6.86. The van der Waals surface area contributed by atoms with E-state index in [0.29, 0.717) is 0 Å². The minimum atomic E-state index is -3.60. The number of allylic oxidation sites excluding steroid dienone is 1. The molecular formula is C15H22N2O2S. The number of primary sulfonamides is 1. The van der Waals surface area contributed by atoms with Crippen molar-refractivity contribution in [2.75, 3.05) is 6.54 Å². The van der Waals surface area contributed by atoms with Crippen LogP contribution in [-0.2, 0) is 10.0 Å². The van der Waals surface area contributed by atoms with E-state index in [0.717, 1.165) is 18.5 Å². The van der Waals surface area contributed by atoms with E-state index in [-0.39, 0.29) is 10.9 Å². The van der Waals surface area contributed by atoms with Crippen LogP contribution < -0.4 is 10.5 Å². The molecule has 1 aromatic carbocycles.